The molecule has 0 spiro atoms. The van der Waals surface area contributed by atoms with Crippen LogP contribution in [0.5, 0.6) is 0 Å². The molecule has 5 nitrogen and oxygen atoms in total. The summed E-state index contributed by atoms with van der Waals surface area (Å²) in [5.41, 5.74) is 0. The Morgan fingerprint density at radius 3 is 3.07 bits per heavy atom. The van der Waals surface area contributed by atoms with Crippen LogP contribution in [-0.4, -0.2) is 28.8 Å². The number of aryl methyl sites for hydroxylation is 1. The number of nitrogens with zero attached hydrogens (tertiary/aromatic N) is 2. The Morgan fingerprint density at radius 1 is 1.79 bits per heavy atom. The third kappa shape index (κ3) is 1.77. The molecule has 2 rings (SSSR count). The molecule has 1 fully saturated rings. The van der Waals surface area contributed by atoms with Gasteiger partial charge in [0.1, 0.15) is 0 Å². The molecule has 0 aromatic carbocycles. The molecule has 76 valence electrons. The Labute approximate surface area is 82.5 Å². The number of hydrogen-bond acceptors (Lipinski definition) is 3. The first-order valence-corrected chi connectivity index (χ1v) is 4.84. The van der Waals surface area contributed by atoms with E-state index in [1.54, 1.807) is 4.68 Å². The maximum absolute atomic E-state index is 11.5. The van der Waals surface area contributed by atoms with Crippen LogP contribution in [0, 0.1) is 5.92 Å². The summed E-state index contributed by atoms with van der Waals surface area (Å²) >= 11 is 0. The van der Waals surface area contributed by atoms with Crippen LogP contribution in [0.1, 0.15) is 6.92 Å². The van der Waals surface area contributed by atoms with Crippen molar-refractivity contribution in [1.82, 2.24) is 15.1 Å². The summed E-state index contributed by atoms with van der Waals surface area (Å²) in [4.78, 5) is 11.5. The zero-order valence-corrected chi connectivity index (χ0v) is 8.16. The molecule has 1 aromatic heterocycles. The molecule has 0 bridgehead atoms. The third-order valence-electron chi connectivity index (χ3n) is 2.37. The maximum Gasteiger partial charge on any atom is 0.231 e. The van der Waals surface area contributed by atoms with E-state index in [0.29, 0.717) is 5.82 Å². The van der Waals surface area contributed by atoms with Crippen LogP contribution < -0.4 is 10.6 Å². The van der Waals surface area contributed by atoms with Crippen LogP contribution in [-0.2, 0) is 11.3 Å². The monoisotopic (exact) mass is 194 g/mol. The van der Waals surface area contributed by atoms with Gasteiger partial charge in [-0.05, 0) is 6.92 Å². The van der Waals surface area contributed by atoms with Gasteiger partial charge in [-0.15, -0.1) is 0 Å². The summed E-state index contributed by atoms with van der Waals surface area (Å²) in [6.45, 7) is 4.38. The topological polar surface area (TPSA) is 59.0 Å². The van der Waals surface area contributed by atoms with E-state index >= 15 is 0 Å². The van der Waals surface area contributed by atoms with Crippen molar-refractivity contribution in [2.24, 2.45) is 5.92 Å². The van der Waals surface area contributed by atoms with E-state index in [1.165, 1.54) is 0 Å². The van der Waals surface area contributed by atoms with Crippen LogP contribution in [0.25, 0.3) is 0 Å². The largest absolute Gasteiger partial charge is 0.315 e. The van der Waals surface area contributed by atoms with Crippen LogP contribution >= 0.6 is 0 Å². The van der Waals surface area contributed by atoms with Crippen LogP contribution in [0.4, 0.5) is 5.82 Å². The minimum Gasteiger partial charge on any atom is -0.315 e. The number of aromatic nitrogens is 2. The van der Waals surface area contributed by atoms with Gasteiger partial charge in [0.15, 0.2) is 5.82 Å². The van der Waals surface area contributed by atoms with Crippen molar-refractivity contribution in [2.45, 2.75) is 13.5 Å². The minimum atomic E-state index is 0.0603. The van der Waals surface area contributed by atoms with Crippen molar-refractivity contribution >= 4 is 11.7 Å². The molecule has 0 atom stereocenters. The molecule has 1 aliphatic rings. The fourth-order valence-electron chi connectivity index (χ4n) is 1.31. The predicted octanol–water partition coefficient (Wildman–Crippen LogP) is 0.0609. The fraction of sp³-hybridized carbons (Fsp3) is 0.556. The van der Waals surface area contributed by atoms with Gasteiger partial charge in [-0.3, -0.25) is 9.48 Å². The highest BCUT2D eigenvalue weighted by molar-refractivity contribution is 5.92. The van der Waals surface area contributed by atoms with Crippen molar-refractivity contribution in [2.75, 3.05) is 18.4 Å². The second-order valence-corrected chi connectivity index (χ2v) is 3.40. The Bertz CT molecular complexity index is 329. The molecule has 1 saturated heterocycles. The van der Waals surface area contributed by atoms with Gasteiger partial charge in [0.05, 0.1) is 5.92 Å². The van der Waals surface area contributed by atoms with Gasteiger partial charge in [0.2, 0.25) is 5.91 Å². The Morgan fingerprint density at radius 2 is 2.57 bits per heavy atom. The summed E-state index contributed by atoms with van der Waals surface area (Å²) < 4.78 is 1.79. The first-order valence-electron chi connectivity index (χ1n) is 4.84. The lowest BCUT2D eigenvalue weighted by molar-refractivity contribution is -0.121. The number of carbonyl (C=O) groups is 1. The molecule has 0 radical (unpaired) electrons. The summed E-state index contributed by atoms with van der Waals surface area (Å²) in [6, 6.07) is 1.81. The maximum atomic E-state index is 11.5. The van der Waals surface area contributed by atoms with E-state index in [9.17, 15) is 4.79 Å². The average molecular weight is 194 g/mol. The van der Waals surface area contributed by atoms with Gasteiger partial charge in [-0.1, -0.05) is 0 Å². The van der Waals surface area contributed by atoms with Gasteiger partial charge < -0.3 is 10.6 Å². The molecule has 0 saturated carbocycles. The summed E-state index contributed by atoms with van der Waals surface area (Å²) in [5.74, 6) is 0.815. The van der Waals surface area contributed by atoms with E-state index in [0.717, 1.165) is 19.6 Å². The second kappa shape index (κ2) is 3.79. The van der Waals surface area contributed by atoms with Gasteiger partial charge in [-0.2, -0.15) is 5.10 Å². The van der Waals surface area contributed by atoms with Crippen molar-refractivity contribution in [3.05, 3.63) is 12.3 Å². The normalized spacial score (nSPS) is 16.4. The Hall–Kier alpha value is -1.36. The minimum absolute atomic E-state index is 0.0603. The predicted molar refractivity (Wildman–Crippen MR) is 52.9 cm³/mol. The van der Waals surface area contributed by atoms with Gasteiger partial charge in [0.25, 0.3) is 0 Å². The summed E-state index contributed by atoms with van der Waals surface area (Å²) in [7, 11) is 0. The van der Waals surface area contributed by atoms with Crippen LogP contribution in [0.3, 0.4) is 0 Å². The molecular formula is C9H14N4O. The molecule has 2 N–H and O–H groups in total. The number of hydrogen-bond donors (Lipinski definition) is 2. The quantitative estimate of drug-likeness (QED) is 0.715. The number of carbonyl (C=O) groups excluding carboxylic acids is 1. The van der Waals surface area contributed by atoms with Gasteiger partial charge in [0, 0.05) is 31.9 Å². The highest BCUT2D eigenvalue weighted by atomic mass is 16.2. The van der Waals surface area contributed by atoms with Gasteiger partial charge >= 0.3 is 0 Å². The number of rotatable bonds is 3. The zero-order valence-electron chi connectivity index (χ0n) is 8.16. The van der Waals surface area contributed by atoms with E-state index in [4.69, 9.17) is 0 Å². The fourth-order valence-corrected chi connectivity index (χ4v) is 1.31. The highest BCUT2D eigenvalue weighted by Gasteiger charge is 2.25. The first-order chi connectivity index (χ1) is 6.79. The zero-order chi connectivity index (χ0) is 9.97. The SMILES string of the molecule is CCn1ccc(NC(=O)C2CNC2)n1. The van der Waals surface area contributed by atoms with Crippen molar-refractivity contribution in [3.63, 3.8) is 0 Å². The molecular weight excluding hydrogens is 180 g/mol. The second-order valence-electron chi connectivity index (χ2n) is 3.40. The Balaban J connectivity index is 1.92. The molecule has 1 amide bonds. The molecule has 2 heterocycles. The molecule has 1 aliphatic heterocycles. The average Bonchev–Trinajstić information content (AvgIpc) is 2.48. The molecule has 1 aromatic rings. The van der Waals surface area contributed by atoms with E-state index in [-0.39, 0.29) is 11.8 Å². The summed E-state index contributed by atoms with van der Waals surface area (Å²) in [5, 5.41) is 10.0. The number of nitrogens with one attached hydrogen (secondary N) is 2. The van der Waals surface area contributed by atoms with E-state index < -0.39 is 0 Å². The Kier molecular flexibility index (Phi) is 2.49. The lowest BCUT2D eigenvalue weighted by Gasteiger charge is -2.25. The lowest BCUT2D eigenvalue weighted by Crippen LogP contribution is -2.48. The molecule has 5 heteroatoms. The summed E-state index contributed by atoms with van der Waals surface area (Å²) in [6.07, 6.45) is 1.86. The van der Waals surface area contributed by atoms with E-state index in [1.807, 2.05) is 19.2 Å². The highest BCUT2D eigenvalue weighted by Crippen LogP contribution is 2.08. The third-order valence-corrected chi connectivity index (χ3v) is 2.37. The van der Waals surface area contributed by atoms with Crippen molar-refractivity contribution < 1.29 is 4.79 Å². The standard InChI is InChI=1S/C9H14N4O/c1-2-13-4-3-8(12-13)11-9(14)7-5-10-6-7/h3-4,7,10H,2,5-6H2,1H3,(H,11,12,14). The smallest absolute Gasteiger partial charge is 0.231 e. The lowest BCUT2D eigenvalue weighted by atomic mass is 10.0. The van der Waals surface area contributed by atoms with Crippen molar-refractivity contribution in [1.29, 1.82) is 0 Å². The van der Waals surface area contributed by atoms with Crippen LogP contribution in [0.2, 0.25) is 0 Å². The number of amides is 1. The molecule has 0 aliphatic carbocycles. The van der Waals surface area contributed by atoms with Crippen LogP contribution in [0.15, 0.2) is 12.3 Å². The first kappa shape index (κ1) is 9.21. The van der Waals surface area contributed by atoms with Gasteiger partial charge in [-0.25, -0.2) is 0 Å². The molecule has 14 heavy (non-hydrogen) atoms. The van der Waals surface area contributed by atoms with E-state index in [2.05, 4.69) is 15.7 Å². The molecule has 0 unspecified atom stereocenters. The number of anilines is 1. The van der Waals surface area contributed by atoms with Crippen molar-refractivity contribution in [3.8, 4) is 0 Å².